The van der Waals surface area contributed by atoms with Crippen LogP contribution in [0, 0.1) is 0 Å². The summed E-state index contributed by atoms with van der Waals surface area (Å²) in [6.07, 6.45) is 4.10. The second-order valence-corrected chi connectivity index (χ2v) is 8.20. The first-order chi connectivity index (χ1) is 10.5. The minimum atomic E-state index is -3.04. The fraction of sp³-hybridized carbons (Fsp3) is 0.625. The van der Waals surface area contributed by atoms with Crippen molar-refractivity contribution < 1.29 is 13.2 Å². The smallest absolute Gasteiger partial charge is 0.211 e. The zero-order valence-electron chi connectivity index (χ0n) is 13.0. The van der Waals surface area contributed by atoms with Crippen molar-refractivity contribution in [3.05, 3.63) is 29.8 Å². The van der Waals surface area contributed by atoms with Crippen molar-refractivity contribution in [3.63, 3.8) is 0 Å². The van der Waals surface area contributed by atoms with Crippen molar-refractivity contribution in [2.75, 3.05) is 32.5 Å². The van der Waals surface area contributed by atoms with Gasteiger partial charge in [0.25, 0.3) is 0 Å². The Hall–Kier alpha value is -1.11. The Morgan fingerprint density at radius 1 is 1.23 bits per heavy atom. The second-order valence-electron chi connectivity index (χ2n) is 6.22. The van der Waals surface area contributed by atoms with E-state index >= 15 is 0 Å². The number of fused-ring (bicyclic) bond motifs is 1. The molecule has 1 aromatic carbocycles. The quantitative estimate of drug-likeness (QED) is 0.913. The minimum Gasteiger partial charge on any atom is -0.493 e. The summed E-state index contributed by atoms with van der Waals surface area (Å²) in [5.74, 6) is 1.49. The molecule has 1 N–H and O–H groups in total. The van der Waals surface area contributed by atoms with E-state index in [0.29, 0.717) is 25.0 Å². The van der Waals surface area contributed by atoms with Gasteiger partial charge in [0.1, 0.15) is 5.75 Å². The summed E-state index contributed by atoms with van der Waals surface area (Å²) in [4.78, 5) is 0. The summed E-state index contributed by atoms with van der Waals surface area (Å²) in [6.45, 7) is 2.96. The third-order valence-corrected chi connectivity index (χ3v) is 5.96. The minimum absolute atomic E-state index is 0.410. The van der Waals surface area contributed by atoms with Crippen molar-refractivity contribution in [2.24, 2.45) is 0 Å². The molecule has 22 heavy (non-hydrogen) atoms. The Morgan fingerprint density at radius 2 is 1.95 bits per heavy atom. The topological polar surface area (TPSA) is 58.6 Å². The Balaban J connectivity index is 1.52. The number of rotatable bonds is 4. The van der Waals surface area contributed by atoms with Gasteiger partial charge in [0.15, 0.2) is 0 Å². The van der Waals surface area contributed by atoms with Crippen LogP contribution in [-0.4, -0.2) is 51.3 Å². The lowest BCUT2D eigenvalue weighted by Gasteiger charge is -2.33. The van der Waals surface area contributed by atoms with E-state index in [0.717, 1.165) is 38.2 Å². The number of sulfonamides is 1. The number of hydrogen-bond acceptors (Lipinski definition) is 4. The Morgan fingerprint density at radius 3 is 2.68 bits per heavy atom. The number of nitrogens with zero attached hydrogens (tertiary/aromatic N) is 1. The van der Waals surface area contributed by atoms with Crippen LogP contribution in [0.1, 0.15) is 30.7 Å². The van der Waals surface area contributed by atoms with E-state index in [2.05, 4.69) is 17.4 Å². The van der Waals surface area contributed by atoms with Crippen LogP contribution in [0.4, 0.5) is 0 Å². The normalized spacial score (nSPS) is 23.8. The first-order valence-corrected chi connectivity index (χ1v) is 9.79. The summed E-state index contributed by atoms with van der Waals surface area (Å²) >= 11 is 0. The molecular weight excluding hydrogens is 300 g/mol. The fourth-order valence-electron chi connectivity index (χ4n) is 3.33. The average Bonchev–Trinajstić information content (AvgIpc) is 2.52. The maximum absolute atomic E-state index is 11.5. The Bertz CT molecular complexity index is 610. The molecule has 1 aromatic rings. The predicted molar refractivity (Wildman–Crippen MR) is 86.7 cm³/mol. The summed E-state index contributed by atoms with van der Waals surface area (Å²) in [6, 6.07) is 8.66. The van der Waals surface area contributed by atoms with Crippen LogP contribution in [0.15, 0.2) is 24.3 Å². The van der Waals surface area contributed by atoms with E-state index < -0.39 is 10.0 Å². The maximum atomic E-state index is 11.5. The highest BCUT2D eigenvalue weighted by Crippen LogP contribution is 2.33. The lowest BCUT2D eigenvalue weighted by atomic mass is 9.92. The van der Waals surface area contributed by atoms with E-state index in [-0.39, 0.29) is 0 Å². The van der Waals surface area contributed by atoms with Gasteiger partial charge in [0.05, 0.1) is 12.9 Å². The highest BCUT2D eigenvalue weighted by molar-refractivity contribution is 7.88. The third kappa shape index (κ3) is 3.62. The van der Waals surface area contributed by atoms with Crippen molar-refractivity contribution >= 4 is 10.0 Å². The first kappa shape index (κ1) is 15.8. The van der Waals surface area contributed by atoms with Gasteiger partial charge >= 0.3 is 0 Å². The lowest BCUT2D eigenvalue weighted by Crippen LogP contribution is -2.45. The molecule has 0 saturated carbocycles. The number of ether oxygens (including phenoxy) is 1. The fourth-order valence-corrected chi connectivity index (χ4v) is 4.20. The van der Waals surface area contributed by atoms with E-state index in [1.807, 2.05) is 12.1 Å². The van der Waals surface area contributed by atoms with Gasteiger partial charge in [-0.25, -0.2) is 12.7 Å². The molecule has 0 amide bonds. The van der Waals surface area contributed by atoms with Crippen LogP contribution in [0.2, 0.25) is 0 Å². The number of benzene rings is 1. The Kier molecular flexibility index (Phi) is 4.70. The van der Waals surface area contributed by atoms with Crippen LogP contribution < -0.4 is 10.1 Å². The SMILES string of the molecule is CS(=O)(=O)N1CCC(NC[C@H]2CCOc3ccccc32)CC1. The Labute approximate surface area is 132 Å². The van der Waals surface area contributed by atoms with Crippen LogP contribution >= 0.6 is 0 Å². The largest absolute Gasteiger partial charge is 0.493 e. The molecule has 0 radical (unpaired) electrons. The number of para-hydroxylation sites is 1. The molecule has 122 valence electrons. The highest BCUT2D eigenvalue weighted by atomic mass is 32.2. The summed E-state index contributed by atoms with van der Waals surface area (Å²) in [5.41, 5.74) is 1.29. The van der Waals surface area contributed by atoms with Crippen LogP contribution in [0.3, 0.4) is 0 Å². The summed E-state index contributed by atoms with van der Waals surface area (Å²) in [5, 5.41) is 3.63. The molecule has 1 fully saturated rings. The molecular formula is C16H24N2O3S. The summed E-state index contributed by atoms with van der Waals surface area (Å²) in [7, 11) is -3.04. The first-order valence-electron chi connectivity index (χ1n) is 7.94. The number of hydrogen-bond donors (Lipinski definition) is 1. The molecule has 2 aliphatic rings. The standard InChI is InChI=1S/C16H24N2O3S/c1-22(19,20)18-9-6-14(7-10-18)17-12-13-8-11-21-16-5-3-2-4-15(13)16/h2-5,13-14,17H,6-12H2,1H3/t13-/m1/s1. The molecule has 3 rings (SSSR count). The third-order valence-electron chi connectivity index (χ3n) is 4.66. The van der Waals surface area contributed by atoms with Gasteiger partial charge in [0, 0.05) is 31.6 Å². The van der Waals surface area contributed by atoms with Crippen LogP contribution in [0.5, 0.6) is 5.75 Å². The molecule has 2 heterocycles. The molecule has 0 aliphatic carbocycles. The number of piperidine rings is 1. The lowest BCUT2D eigenvalue weighted by molar-refractivity contribution is 0.250. The molecule has 6 heteroatoms. The highest BCUT2D eigenvalue weighted by Gasteiger charge is 2.26. The molecule has 5 nitrogen and oxygen atoms in total. The van der Waals surface area contributed by atoms with Gasteiger partial charge in [0.2, 0.25) is 10.0 Å². The van der Waals surface area contributed by atoms with Crippen LogP contribution in [0.25, 0.3) is 0 Å². The molecule has 1 saturated heterocycles. The molecule has 2 aliphatic heterocycles. The average molecular weight is 324 g/mol. The monoisotopic (exact) mass is 324 g/mol. The van der Waals surface area contributed by atoms with Gasteiger partial charge in [-0.2, -0.15) is 0 Å². The maximum Gasteiger partial charge on any atom is 0.211 e. The van der Waals surface area contributed by atoms with Gasteiger partial charge in [-0.3, -0.25) is 0 Å². The van der Waals surface area contributed by atoms with Crippen molar-refractivity contribution in [1.82, 2.24) is 9.62 Å². The number of nitrogens with one attached hydrogen (secondary N) is 1. The zero-order chi connectivity index (χ0) is 15.6. The molecule has 0 aromatic heterocycles. The van der Waals surface area contributed by atoms with Crippen LogP contribution in [-0.2, 0) is 10.0 Å². The molecule has 0 unspecified atom stereocenters. The van der Waals surface area contributed by atoms with Crippen molar-refractivity contribution in [3.8, 4) is 5.75 Å². The molecule has 0 spiro atoms. The second kappa shape index (κ2) is 6.56. The van der Waals surface area contributed by atoms with Gasteiger partial charge < -0.3 is 10.1 Å². The molecule has 1 atom stereocenters. The van der Waals surface area contributed by atoms with Gasteiger partial charge in [-0.05, 0) is 30.9 Å². The molecule has 0 bridgehead atoms. The summed E-state index contributed by atoms with van der Waals surface area (Å²) < 4.78 is 30.3. The van der Waals surface area contributed by atoms with E-state index in [1.165, 1.54) is 11.8 Å². The predicted octanol–water partition coefficient (Wildman–Crippen LogP) is 1.57. The van der Waals surface area contributed by atoms with Gasteiger partial charge in [-0.1, -0.05) is 18.2 Å². The van der Waals surface area contributed by atoms with Crippen molar-refractivity contribution in [1.29, 1.82) is 0 Å². The zero-order valence-corrected chi connectivity index (χ0v) is 13.8. The van der Waals surface area contributed by atoms with E-state index in [1.54, 1.807) is 4.31 Å². The van der Waals surface area contributed by atoms with E-state index in [4.69, 9.17) is 4.74 Å². The van der Waals surface area contributed by atoms with Gasteiger partial charge in [-0.15, -0.1) is 0 Å². The van der Waals surface area contributed by atoms with E-state index in [9.17, 15) is 8.42 Å². The van der Waals surface area contributed by atoms with Crippen molar-refractivity contribution in [2.45, 2.75) is 31.2 Å².